The molecule has 0 fully saturated rings. The molecule has 114 valence electrons. The van der Waals surface area contributed by atoms with Gasteiger partial charge in [-0.15, -0.1) is 0 Å². The van der Waals surface area contributed by atoms with Gasteiger partial charge in [-0.3, -0.25) is 9.59 Å². The van der Waals surface area contributed by atoms with E-state index in [1.54, 1.807) is 6.92 Å². The van der Waals surface area contributed by atoms with Crippen LogP contribution >= 0.6 is 0 Å². The average Bonchev–Trinajstić information content (AvgIpc) is 2.36. The number of rotatable bonds is 3. The second-order valence-corrected chi connectivity index (χ2v) is 4.38. The molecule has 1 N–H and O–H groups in total. The molecular formula is C12H15F3O5. The van der Waals surface area contributed by atoms with Gasteiger partial charge in [-0.2, -0.15) is 13.2 Å². The molecule has 0 saturated carbocycles. The first kappa shape index (κ1) is 16.5. The van der Waals surface area contributed by atoms with Crippen LogP contribution in [0.5, 0.6) is 0 Å². The molecule has 0 bridgehead atoms. The maximum atomic E-state index is 13.1. The lowest BCUT2D eigenvalue weighted by molar-refractivity contribution is -0.278. The summed E-state index contributed by atoms with van der Waals surface area (Å²) in [4.78, 5) is 23.6. The molecule has 8 heteroatoms. The summed E-state index contributed by atoms with van der Waals surface area (Å²) in [5, 5.41) is 9.89. The molecule has 0 amide bonds. The van der Waals surface area contributed by atoms with Crippen LogP contribution in [-0.2, 0) is 19.1 Å². The number of allylic oxidation sites excluding steroid dienone is 1. The van der Waals surface area contributed by atoms with Crippen molar-refractivity contribution in [2.75, 3.05) is 14.2 Å². The standard InChI is InChI=1S/C12H15F3O5/c1-4-6-7(19-2)5-11(18,12(13,14)15)8(9(6)16)10(17)20-3/h8,18H,4-5H2,1-3H3. The van der Waals surface area contributed by atoms with Crippen molar-refractivity contribution in [1.29, 1.82) is 0 Å². The zero-order valence-electron chi connectivity index (χ0n) is 11.2. The number of methoxy groups -OCH3 is 2. The highest BCUT2D eigenvalue weighted by atomic mass is 19.4. The molecule has 2 unspecified atom stereocenters. The smallest absolute Gasteiger partial charge is 0.418 e. The third-order valence-corrected chi connectivity index (χ3v) is 3.33. The summed E-state index contributed by atoms with van der Waals surface area (Å²) in [7, 11) is 1.96. The molecule has 0 aliphatic heterocycles. The van der Waals surface area contributed by atoms with Crippen LogP contribution in [-0.4, -0.2) is 42.9 Å². The lowest BCUT2D eigenvalue weighted by atomic mass is 9.73. The van der Waals surface area contributed by atoms with Gasteiger partial charge in [0, 0.05) is 12.0 Å². The molecule has 0 heterocycles. The molecule has 0 aromatic heterocycles. The van der Waals surface area contributed by atoms with E-state index >= 15 is 0 Å². The fourth-order valence-electron chi connectivity index (χ4n) is 2.23. The highest BCUT2D eigenvalue weighted by Crippen LogP contribution is 2.46. The second-order valence-electron chi connectivity index (χ2n) is 4.38. The molecule has 20 heavy (non-hydrogen) atoms. The number of halogens is 3. The van der Waals surface area contributed by atoms with Crippen LogP contribution in [0.4, 0.5) is 13.2 Å². The summed E-state index contributed by atoms with van der Waals surface area (Å²) < 4.78 is 48.3. The SMILES string of the molecule is CCC1=C(OC)CC(O)(C(F)(F)F)C(C(=O)OC)C1=O. The molecule has 1 aliphatic carbocycles. The summed E-state index contributed by atoms with van der Waals surface area (Å²) in [5.74, 6) is -5.14. The summed E-state index contributed by atoms with van der Waals surface area (Å²) in [6, 6.07) is 0. The quantitative estimate of drug-likeness (QED) is 0.628. The van der Waals surface area contributed by atoms with Gasteiger partial charge in [0.1, 0.15) is 5.76 Å². The zero-order valence-corrected chi connectivity index (χ0v) is 11.2. The van der Waals surface area contributed by atoms with Gasteiger partial charge >= 0.3 is 12.1 Å². The molecule has 1 aliphatic rings. The van der Waals surface area contributed by atoms with Gasteiger partial charge < -0.3 is 14.6 Å². The van der Waals surface area contributed by atoms with E-state index in [2.05, 4.69) is 4.74 Å². The average molecular weight is 296 g/mol. The minimum atomic E-state index is -5.18. The summed E-state index contributed by atoms with van der Waals surface area (Å²) in [6.45, 7) is 1.54. The van der Waals surface area contributed by atoms with E-state index in [1.807, 2.05) is 0 Å². The molecule has 0 saturated heterocycles. The first-order valence-corrected chi connectivity index (χ1v) is 5.81. The first-order chi connectivity index (χ1) is 9.13. The molecule has 2 atom stereocenters. The van der Waals surface area contributed by atoms with Gasteiger partial charge in [0.25, 0.3) is 0 Å². The summed E-state index contributed by atoms with van der Waals surface area (Å²) in [6.07, 6.45) is -6.09. The minimum absolute atomic E-state index is 0.0446. The van der Waals surface area contributed by atoms with Crippen LogP contribution in [0.15, 0.2) is 11.3 Å². The van der Waals surface area contributed by atoms with E-state index in [9.17, 15) is 27.9 Å². The van der Waals surface area contributed by atoms with Crippen LogP contribution < -0.4 is 0 Å². The second kappa shape index (κ2) is 5.43. The van der Waals surface area contributed by atoms with Crippen molar-refractivity contribution in [3.05, 3.63) is 11.3 Å². The number of ether oxygens (including phenoxy) is 2. The zero-order chi connectivity index (χ0) is 15.7. The highest BCUT2D eigenvalue weighted by Gasteiger charge is 2.66. The Morgan fingerprint density at radius 1 is 1.45 bits per heavy atom. The Bertz CT molecular complexity index is 454. The fourth-order valence-corrected chi connectivity index (χ4v) is 2.23. The van der Waals surface area contributed by atoms with E-state index in [0.717, 1.165) is 14.2 Å². The van der Waals surface area contributed by atoms with E-state index in [0.29, 0.717) is 0 Å². The largest absolute Gasteiger partial charge is 0.501 e. The van der Waals surface area contributed by atoms with Crippen LogP contribution in [0.25, 0.3) is 0 Å². The number of esters is 1. The van der Waals surface area contributed by atoms with Gasteiger partial charge in [-0.25, -0.2) is 0 Å². The number of ketones is 1. The number of carbonyl (C=O) groups excluding carboxylic acids is 2. The molecule has 0 aromatic carbocycles. The lowest BCUT2D eigenvalue weighted by Crippen LogP contribution is -2.59. The number of hydrogen-bond donors (Lipinski definition) is 1. The Balaban J connectivity index is 3.48. The highest BCUT2D eigenvalue weighted by molar-refractivity contribution is 6.10. The van der Waals surface area contributed by atoms with Gasteiger partial charge in [-0.1, -0.05) is 6.92 Å². The number of aliphatic hydroxyl groups is 1. The minimum Gasteiger partial charge on any atom is -0.501 e. The van der Waals surface area contributed by atoms with E-state index in [1.165, 1.54) is 0 Å². The Labute approximate surface area is 113 Å². The summed E-state index contributed by atoms with van der Waals surface area (Å²) in [5.41, 5.74) is -3.57. The van der Waals surface area contributed by atoms with Crippen LogP contribution in [0.1, 0.15) is 19.8 Å². The topological polar surface area (TPSA) is 72.8 Å². The predicted molar refractivity (Wildman–Crippen MR) is 60.5 cm³/mol. The first-order valence-electron chi connectivity index (χ1n) is 5.81. The van der Waals surface area contributed by atoms with Crippen molar-refractivity contribution < 1.29 is 37.3 Å². The van der Waals surface area contributed by atoms with E-state index in [-0.39, 0.29) is 17.8 Å². The molecule has 0 radical (unpaired) electrons. The lowest BCUT2D eigenvalue weighted by Gasteiger charge is -2.39. The maximum absolute atomic E-state index is 13.1. The Hall–Kier alpha value is -1.57. The Kier molecular flexibility index (Phi) is 4.48. The number of carbonyl (C=O) groups is 2. The molecular weight excluding hydrogens is 281 g/mol. The third-order valence-electron chi connectivity index (χ3n) is 3.33. The number of Topliss-reactive ketones (excluding diaryl/α,β-unsaturated/α-hetero) is 1. The predicted octanol–water partition coefficient (Wildman–Crippen LogP) is 1.35. The maximum Gasteiger partial charge on any atom is 0.418 e. The molecule has 0 aromatic rings. The van der Waals surface area contributed by atoms with Gasteiger partial charge in [-0.05, 0) is 6.42 Å². The number of alkyl halides is 3. The fraction of sp³-hybridized carbons (Fsp3) is 0.667. The van der Waals surface area contributed by atoms with Crippen molar-refractivity contribution in [3.63, 3.8) is 0 Å². The van der Waals surface area contributed by atoms with Gasteiger partial charge in [0.15, 0.2) is 17.3 Å². The summed E-state index contributed by atoms with van der Waals surface area (Å²) >= 11 is 0. The Morgan fingerprint density at radius 2 is 2.00 bits per heavy atom. The number of hydrogen-bond acceptors (Lipinski definition) is 5. The van der Waals surface area contributed by atoms with Crippen molar-refractivity contribution in [3.8, 4) is 0 Å². The van der Waals surface area contributed by atoms with Crippen LogP contribution in [0.3, 0.4) is 0 Å². The Morgan fingerprint density at radius 3 is 2.35 bits per heavy atom. The van der Waals surface area contributed by atoms with Crippen molar-refractivity contribution in [1.82, 2.24) is 0 Å². The molecule has 1 rings (SSSR count). The van der Waals surface area contributed by atoms with Crippen LogP contribution in [0, 0.1) is 5.92 Å². The van der Waals surface area contributed by atoms with E-state index in [4.69, 9.17) is 4.74 Å². The van der Waals surface area contributed by atoms with Gasteiger partial charge in [0.05, 0.1) is 14.2 Å². The van der Waals surface area contributed by atoms with Crippen molar-refractivity contribution in [2.45, 2.75) is 31.5 Å². The normalized spacial score (nSPS) is 27.6. The van der Waals surface area contributed by atoms with Gasteiger partial charge in [0.2, 0.25) is 0 Å². The van der Waals surface area contributed by atoms with Crippen molar-refractivity contribution in [2.24, 2.45) is 5.92 Å². The van der Waals surface area contributed by atoms with Crippen LogP contribution in [0.2, 0.25) is 0 Å². The third kappa shape index (κ3) is 2.39. The van der Waals surface area contributed by atoms with E-state index < -0.39 is 35.9 Å². The van der Waals surface area contributed by atoms with Crippen molar-refractivity contribution >= 4 is 11.8 Å². The molecule has 5 nitrogen and oxygen atoms in total. The monoisotopic (exact) mass is 296 g/mol. The molecule has 0 spiro atoms.